The van der Waals surface area contributed by atoms with Crippen molar-refractivity contribution in [3.63, 3.8) is 0 Å². The van der Waals surface area contributed by atoms with Gasteiger partial charge in [0, 0.05) is 5.56 Å². The van der Waals surface area contributed by atoms with Crippen LogP contribution in [-0.2, 0) is 4.79 Å². The molecule has 1 aromatic rings. The molecule has 0 saturated carbocycles. The van der Waals surface area contributed by atoms with E-state index in [1.54, 1.807) is 24.3 Å². The molecule has 2 amide bonds. The van der Waals surface area contributed by atoms with Crippen LogP contribution in [0.5, 0.6) is 0 Å². The highest BCUT2D eigenvalue weighted by Gasteiger charge is 2.31. The molecule has 1 heterocycles. The third-order valence-corrected chi connectivity index (χ3v) is 2.14. The fourth-order valence-electron chi connectivity index (χ4n) is 1.48. The largest absolute Gasteiger partial charge is 0.291 e. The second kappa shape index (κ2) is 2.96. The van der Waals surface area contributed by atoms with E-state index in [2.05, 4.69) is 5.32 Å². The minimum Gasteiger partial charge on any atom is -0.291 e. The van der Waals surface area contributed by atoms with Gasteiger partial charge in [0.1, 0.15) is 0 Å². The van der Waals surface area contributed by atoms with Crippen LogP contribution in [0, 0.1) is 11.3 Å². The monoisotopic (exact) mass is 186 g/mol. The van der Waals surface area contributed by atoms with E-state index in [0.29, 0.717) is 11.1 Å². The summed E-state index contributed by atoms with van der Waals surface area (Å²) in [7, 11) is 0. The third kappa shape index (κ3) is 1.07. The fourth-order valence-corrected chi connectivity index (χ4v) is 1.48. The number of carbonyl (C=O) groups excluding carboxylic acids is 2. The first-order valence-corrected chi connectivity index (χ1v) is 4.08. The first kappa shape index (κ1) is 8.45. The fraction of sp³-hybridized carbons (Fsp3) is 0.100. The SMILES string of the molecule is N#CC1C(=O)NC(=O)c2ccccc21. The van der Waals surface area contributed by atoms with E-state index in [1.165, 1.54) is 0 Å². The van der Waals surface area contributed by atoms with Gasteiger partial charge in [-0.1, -0.05) is 18.2 Å². The highest BCUT2D eigenvalue weighted by Crippen LogP contribution is 2.23. The molecular weight excluding hydrogens is 180 g/mol. The molecule has 0 aromatic heterocycles. The lowest BCUT2D eigenvalue weighted by atomic mass is 9.91. The number of fused-ring (bicyclic) bond motifs is 1. The summed E-state index contributed by atoms with van der Waals surface area (Å²) >= 11 is 0. The lowest BCUT2D eigenvalue weighted by Crippen LogP contribution is -2.39. The van der Waals surface area contributed by atoms with Gasteiger partial charge in [0.25, 0.3) is 5.91 Å². The van der Waals surface area contributed by atoms with Crippen molar-refractivity contribution < 1.29 is 9.59 Å². The number of nitriles is 1. The average molecular weight is 186 g/mol. The van der Waals surface area contributed by atoms with Crippen LogP contribution >= 0.6 is 0 Å². The number of carbonyl (C=O) groups is 2. The molecule has 68 valence electrons. The number of benzene rings is 1. The molecule has 0 radical (unpaired) electrons. The average Bonchev–Trinajstić information content (AvgIpc) is 2.18. The first-order chi connectivity index (χ1) is 6.74. The van der Waals surface area contributed by atoms with Crippen LogP contribution < -0.4 is 5.32 Å². The molecule has 14 heavy (non-hydrogen) atoms. The maximum atomic E-state index is 11.3. The Bertz CT molecular complexity index is 459. The second-order valence-corrected chi connectivity index (χ2v) is 2.97. The van der Waals surface area contributed by atoms with Crippen LogP contribution in [0.1, 0.15) is 21.8 Å². The van der Waals surface area contributed by atoms with Crippen molar-refractivity contribution in [2.45, 2.75) is 5.92 Å². The molecule has 4 nitrogen and oxygen atoms in total. The van der Waals surface area contributed by atoms with E-state index < -0.39 is 17.7 Å². The normalized spacial score (nSPS) is 19.5. The molecule has 0 saturated heterocycles. The zero-order chi connectivity index (χ0) is 10.1. The molecule has 2 rings (SSSR count). The van der Waals surface area contributed by atoms with E-state index >= 15 is 0 Å². The van der Waals surface area contributed by atoms with Crippen LogP contribution in [0.2, 0.25) is 0 Å². The molecular formula is C10H6N2O2. The molecule has 1 aliphatic rings. The molecule has 0 aliphatic carbocycles. The second-order valence-electron chi connectivity index (χ2n) is 2.97. The molecule has 0 bridgehead atoms. The number of amides is 2. The number of nitrogens with one attached hydrogen (secondary N) is 1. The molecule has 1 aliphatic heterocycles. The van der Waals surface area contributed by atoms with Gasteiger partial charge >= 0.3 is 0 Å². The summed E-state index contributed by atoms with van der Waals surface area (Å²) in [5.41, 5.74) is 0.891. The molecule has 4 heteroatoms. The summed E-state index contributed by atoms with van der Waals surface area (Å²) in [4.78, 5) is 22.6. The topological polar surface area (TPSA) is 70.0 Å². The van der Waals surface area contributed by atoms with Gasteiger partial charge in [-0.3, -0.25) is 14.9 Å². The van der Waals surface area contributed by atoms with Gasteiger partial charge in [0.05, 0.1) is 6.07 Å². The zero-order valence-corrected chi connectivity index (χ0v) is 7.15. The Morgan fingerprint density at radius 2 is 2.00 bits per heavy atom. The van der Waals surface area contributed by atoms with Crippen molar-refractivity contribution in [1.82, 2.24) is 5.32 Å². The predicted molar refractivity (Wildman–Crippen MR) is 47.3 cm³/mol. The minimum atomic E-state index is -0.871. The first-order valence-electron chi connectivity index (χ1n) is 4.08. The van der Waals surface area contributed by atoms with Gasteiger partial charge in [-0.15, -0.1) is 0 Å². The molecule has 1 atom stereocenters. The van der Waals surface area contributed by atoms with Gasteiger partial charge in [0.2, 0.25) is 5.91 Å². The summed E-state index contributed by atoms with van der Waals surface area (Å²) < 4.78 is 0. The molecule has 1 aromatic carbocycles. The zero-order valence-electron chi connectivity index (χ0n) is 7.15. The van der Waals surface area contributed by atoms with Gasteiger partial charge in [0.15, 0.2) is 5.92 Å². The lowest BCUT2D eigenvalue weighted by Gasteiger charge is -2.18. The van der Waals surface area contributed by atoms with Crippen LogP contribution in [0.25, 0.3) is 0 Å². The Balaban J connectivity index is 2.63. The summed E-state index contributed by atoms with van der Waals surface area (Å²) in [6.07, 6.45) is 0. The van der Waals surface area contributed by atoms with Gasteiger partial charge < -0.3 is 0 Å². The number of nitrogens with zero attached hydrogens (tertiary/aromatic N) is 1. The minimum absolute atomic E-state index is 0.402. The summed E-state index contributed by atoms with van der Waals surface area (Å²) in [5, 5.41) is 10.9. The summed E-state index contributed by atoms with van der Waals surface area (Å²) in [6.45, 7) is 0. The maximum Gasteiger partial charge on any atom is 0.258 e. The van der Waals surface area contributed by atoms with E-state index in [1.807, 2.05) is 6.07 Å². The highest BCUT2D eigenvalue weighted by atomic mass is 16.2. The van der Waals surface area contributed by atoms with Crippen molar-refractivity contribution in [3.05, 3.63) is 35.4 Å². The van der Waals surface area contributed by atoms with E-state index in [-0.39, 0.29) is 0 Å². The van der Waals surface area contributed by atoms with Gasteiger partial charge in [-0.2, -0.15) is 5.26 Å². The highest BCUT2D eigenvalue weighted by molar-refractivity contribution is 6.12. The summed E-state index contributed by atoms with van der Waals surface area (Å²) in [6, 6.07) is 8.49. The number of hydrogen-bond acceptors (Lipinski definition) is 3. The third-order valence-electron chi connectivity index (χ3n) is 2.14. The van der Waals surface area contributed by atoms with Gasteiger partial charge in [-0.05, 0) is 11.6 Å². The Morgan fingerprint density at radius 3 is 2.71 bits per heavy atom. The van der Waals surface area contributed by atoms with E-state index in [9.17, 15) is 9.59 Å². The van der Waals surface area contributed by atoms with Crippen molar-refractivity contribution >= 4 is 11.8 Å². The predicted octanol–water partition coefficient (Wildman–Crippen LogP) is 0.564. The van der Waals surface area contributed by atoms with Crippen LogP contribution in [0.3, 0.4) is 0 Å². The molecule has 0 spiro atoms. The Morgan fingerprint density at radius 1 is 1.29 bits per heavy atom. The van der Waals surface area contributed by atoms with E-state index in [4.69, 9.17) is 5.26 Å². The standard InChI is InChI=1S/C10H6N2O2/c11-5-8-6-3-1-2-4-7(6)9(13)12-10(8)14/h1-4,8H,(H,12,13,14). The van der Waals surface area contributed by atoms with Crippen LogP contribution in [0.15, 0.2) is 24.3 Å². The van der Waals surface area contributed by atoms with Crippen molar-refractivity contribution in [2.75, 3.05) is 0 Å². The Hall–Kier alpha value is -2.15. The van der Waals surface area contributed by atoms with E-state index in [0.717, 1.165) is 0 Å². The lowest BCUT2D eigenvalue weighted by molar-refractivity contribution is -0.120. The molecule has 1 unspecified atom stereocenters. The smallest absolute Gasteiger partial charge is 0.258 e. The number of hydrogen-bond donors (Lipinski definition) is 1. The van der Waals surface area contributed by atoms with Gasteiger partial charge in [-0.25, -0.2) is 0 Å². The number of rotatable bonds is 0. The van der Waals surface area contributed by atoms with Crippen molar-refractivity contribution in [2.24, 2.45) is 0 Å². The van der Waals surface area contributed by atoms with Crippen molar-refractivity contribution in [3.8, 4) is 6.07 Å². The van der Waals surface area contributed by atoms with Crippen molar-refractivity contribution in [1.29, 1.82) is 5.26 Å². The van der Waals surface area contributed by atoms with Crippen LogP contribution in [-0.4, -0.2) is 11.8 Å². The maximum absolute atomic E-state index is 11.3. The Kier molecular flexibility index (Phi) is 1.79. The Labute approximate surface area is 80.2 Å². The van der Waals surface area contributed by atoms with Crippen LogP contribution in [0.4, 0.5) is 0 Å². The number of imide groups is 1. The quantitative estimate of drug-likeness (QED) is 0.602. The molecule has 0 fully saturated rings. The molecule has 1 N–H and O–H groups in total. The summed E-state index contributed by atoms with van der Waals surface area (Å²) in [5.74, 6) is -1.85.